The van der Waals surface area contributed by atoms with Gasteiger partial charge in [-0.1, -0.05) is 12.2 Å². The minimum absolute atomic E-state index is 0.273. The van der Waals surface area contributed by atoms with Crippen molar-refractivity contribution in [1.29, 1.82) is 0 Å². The summed E-state index contributed by atoms with van der Waals surface area (Å²) in [4.78, 5) is 0. The van der Waals surface area contributed by atoms with E-state index in [1.54, 1.807) is 0 Å². The Morgan fingerprint density at radius 2 is 2.25 bits per heavy atom. The Bertz CT molecular complexity index is 116. The fraction of sp³-hybridized carbons (Fsp3) is 0.667. The van der Waals surface area contributed by atoms with Crippen molar-refractivity contribution in [3.63, 3.8) is 0 Å². The summed E-state index contributed by atoms with van der Waals surface area (Å²) in [6.07, 6.45) is 4.76. The van der Waals surface area contributed by atoms with Gasteiger partial charge in [-0.25, -0.2) is 0 Å². The molecular weight excluding hydrogens is 104 g/mol. The Hall–Kier alpha value is -0.340. The number of rotatable bonds is 1. The maximum absolute atomic E-state index is 5.24. The Kier molecular flexibility index (Phi) is 0.889. The molecule has 2 nitrogen and oxygen atoms in total. The van der Waals surface area contributed by atoms with Crippen LogP contribution in [0.25, 0.3) is 0 Å². The highest BCUT2D eigenvalue weighted by atomic mass is 16.6. The molecule has 2 aliphatic heterocycles. The fourth-order valence-corrected chi connectivity index (χ4v) is 0.888. The molecule has 0 saturated carbocycles. The lowest BCUT2D eigenvalue weighted by atomic mass is 10.3. The van der Waals surface area contributed by atoms with Crippen molar-refractivity contribution in [2.75, 3.05) is 13.2 Å². The summed E-state index contributed by atoms with van der Waals surface area (Å²) in [6, 6.07) is 0. The van der Waals surface area contributed by atoms with Gasteiger partial charge in [0.05, 0.1) is 13.2 Å². The van der Waals surface area contributed by atoms with E-state index in [2.05, 4.69) is 6.08 Å². The molecular formula is C6H8O2. The quantitative estimate of drug-likeness (QED) is 0.360. The van der Waals surface area contributed by atoms with E-state index >= 15 is 0 Å². The molecule has 0 aromatic heterocycles. The van der Waals surface area contributed by atoms with E-state index in [9.17, 15) is 0 Å². The molecule has 0 spiro atoms. The second-order valence-electron chi connectivity index (χ2n) is 2.10. The van der Waals surface area contributed by atoms with Gasteiger partial charge in [0, 0.05) is 0 Å². The first-order valence-corrected chi connectivity index (χ1v) is 2.87. The first-order valence-electron chi connectivity index (χ1n) is 2.87. The van der Waals surface area contributed by atoms with Gasteiger partial charge in [0.25, 0.3) is 0 Å². The second-order valence-corrected chi connectivity index (χ2v) is 2.10. The molecule has 2 atom stereocenters. The molecule has 2 aliphatic rings. The number of epoxide rings is 1. The lowest BCUT2D eigenvalue weighted by molar-refractivity contribution is 0.103. The van der Waals surface area contributed by atoms with Crippen molar-refractivity contribution >= 4 is 0 Å². The summed E-state index contributed by atoms with van der Waals surface area (Å²) in [6.45, 7) is 1.65. The van der Waals surface area contributed by atoms with Gasteiger partial charge >= 0.3 is 0 Å². The molecule has 0 aliphatic carbocycles. The first-order chi connectivity index (χ1) is 3.97. The van der Waals surface area contributed by atoms with Crippen LogP contribution in [0.4, 0.5) is 0 Å². The Labute approximate surface area is 48.1 Å². The molecule has 1 fully saturated rings. The third-order valence-corrected chi connectivity index (χ3v) is 1.44. The molecule has 2 rings (SSSR count). The molecule has 0 aromatic carbocycles. The zero-order valence-electron chi connectivity index (χ0n) is 4.54. The van der Waals surface area contributed by atoms with Gasteiger partial charge in [-0.3, -0.25) is 0 Å². The van der Waals surface area contributed by atoms with Crippen molar-refractivity contribution < 1.29 is 9.47 Å². The Morgan fingerprint density at radius 3 is 2.75 bits per heavy atom. The average Bonchev–Trinajstić information content (AvgIpc) is 2.49. The highest BCUT2D eigenvalue weighted by Crippen LogP contribution is 2.20. The summed E-state index contributed by atoms with van der Waals surface area (Å²) in [7, 11) is 0. The van der Waals surface area contributed by atoms with Gasteiger partial charge in [0.15, 0.2) is 0 Å². The van der Waals surface area contributed by atoms with Gasteiger partial charge < -0.3 is 9.47 Å². The third-order valence-electron chi connectivity index (χ3n) is 1.44. The van der Waals surface area contributed by atoms with E-state index in [4.69, 9.17) is 9.47 Å². The van der Waals surface area contributed by atoms with Crippen LogP contribution >= 0.6 is 0 Å². The molecule has 8 heavy (non-hydrogen) atoms. The zero-order chi connectivity index (χ0) is 5.40. The van der Waals surface area contributed by atoms with Crippen LogP contribution in [-0.4, -0.2) is 25.4 Å². The van der Waals surface area contributed by atoms with E-state index in [0.29, 0.717) is 6.10 Å². The topological polar surface area (TPSA) is 21.8 Å². The minimum atomic E-state index is 0.273. The molecule has 1 saturated heterocycles. The molecule has 44 valence electrons. The third kappa shape index (κ3) is 0.659. The van der Waals surface area contributed by atoms with Crippen LogP contribution < -0.4 is 0 Å². The van der Waals surface area contributed by atoms with E-state index < -0.39 is 0 Å². The van der Waals surface area contributed by atoms with Crippen molar-refractivity contribution in [3.8, 4) is 0 Å². The van der Waals surface area contributed by atoms with Gasteiger partial charge in [0.2, 0.25) is 0 Å². The van der Waals surface area contributed by atoms with E-state index in [1.165, 1.54) is 0 Å². The average molecular weight is 112 g/mol. The standard InChI is InChI=1S/C6H8O2/c1-2-5(7-3-1)6-4-8-6/h1-2,5-6H,3-4H2/t5-,6+/m0/s1. The van der Waals surface area contributed by atoms with E-state index in [-0.39, 0.29) is 6.10 Å². The van der Waals surface area contributed by atoms with Gasteiger partial charge in [-0.15, -0.1) is 0 Å². The predicted octanol–water partition coefficient (Wildman–Crippen LogP) is 0.340. The second kappa shape index (κ2) is 1.57. The summed E-state index contributed by atoms with van der Waals surface area (Å²) in [5, 5.41) is 0. The Morgan fingerprint density at radius 1 is 1.38 bits per heavy atom. The van der Waals surface area contributed by atoms with Crippen LogP contribution in [0, 0.1) is 0 Å². The van der Waals surface area contributed by atoms with Crippen molar-refractivity contribution in [1.82, 2.24) is 0 Å². The molecule has 0 N–H and O–H groups in total. The molecule has 2 heteroatoms. The maximum Gasteiger partial charge on any atom is 0.111 e. The van der Waals surface area contributed by atoms with Crippen LogP contribution in [0.5, 0.6) is 0 Å². The summed E-state index contributed by atoms with van der Waals surface area (Å²) in [5.74, 6) is 0. The SMILES string of the molecule is C1=C[C@@H]([C@H]2CO2)OC1. The van der Waals surface area contributed by atoms with Crippen LogP contribution in [0.2, 0.25) is 0 Å². The number of hydrogen-bond acceptors (Lipinski definition) is 2. The highest BCUT2D eigenvalue weighted by Gasteiger charge is 2.32. The van der Waals surface area contributed by atoms with Crippen LogP contribution in [-0.2, 0) is 9.47 Å². The normalized spacial score (nSPS) is 43.0. The number of ether oxygens (including phenoxy) is 2. The highest BCUT2D eigenvalue weighted by molar-refractivity contribution is 5.02. The maximum atomic E-state index is 5.24. The predicted molar refractivity (Wildman–Crippen MR) is 28.6 cm³/mol. The van der Waals surface area contributed by atoms with Gasteiger partial charge in [0.1, 0.15) is 12.2 Å². The smallest absolute Gasteiger partial charge is 0.111 e. The van der Waals surface area contributed by atoms with E-state index in [1.807, 2.05) is 6.08 Å². The van der Waals surface area contributed by atoms with Gasteiger partial charge in [-0.05, 0) is 0 Å². The molecule has 0 amide bonds. The lowest BCUT2D eigenvalue weighted by Gasteiger charge is -2.00. The van der Waals surface area contributed by atoms with Crippen molar-refractivity contribution in [2.45, 2.75) is 12.2 Å². The van der Waals surface area contributed by atoms with Gasteiger partial charge in [-0.2, -0.15) is 0 Å². The monoisotopic (exact) mass is 112 g/mol. The van der Waals surface area contributed by atoms with Crippen LogP contribution in [0.1, 0.15) is 0 Å². The Balaban J connectivity index is 1.95. The summed E-state index contributed by atoms with van der Waals surface area (Å²) < 4.78 is 10.3. The molecule has 0 aromatic rings. The summed E-state index contributed by atoms with van der Waals surface area (Å²) in [5.41, 5.74) is 0. The first kappa shape index (κ1) is 4.53. The van der Waals surface area contributed by atoms with Crippen molar-refractivity contribution in [3.05, 3.63) is 12.2 Å². The molecule has 2 heterocycles. The lowest BCUT2D eigenvalue weighted by Crippen LogP contribution is -2.11. The summed E-state index contributed by atoms with van der Waals surface area (Å²) >= 11 is 0. The largest absolute Gasteiger partial charge is 0.370 e. The van der Waals surface area contributed by atoms with Crippen LogP contribution in [0.15, 0.2) is 12.2 Å². The number of hydrogen-bond donors (Lipinski definition) is 0. The fourth-order valence-electron chi connectivity index (χ4n) is 0.888. The molecule has 0 radical (unpaired) electrons. The molecule has 0 bridgehead atoms. The van der Waals surface area contributed by atoms with Crippen molar-refractivity contribution in [2.24, 2.45) is 0 Å². The van der Waals surface area contributed by atoms with Crippen LogP contribution in [0.3, 0.4) is 0 Å². The van der Waals surface area contributed by atoms with E-state index in [0.717, 1.165) is 13.2 Å². The molecule has 0 unspecified atom stereocenters. The minimum Gasteiger partial charge on any atom is -0.370 e. The zero-order valence-corrected chi connectivity index (χ0v) is 4.54.